The van der Waals surface area contributed by atoms with Crippen molar-refractivity contribution in [2.45, 2.75) is 11.4 Å². The third-order valence-electron chi connectivity index (χ3n) is 4.17. The molecule has 0 amide bonds. The van der Waals surface area contributed by atoms with Crippen molar-refractivity contribution < 1.29 is 18.1 Å². The lowest BCUT2D eigenvalue weighted by Gasteiger charge is -2.26. The number of rotatable bonds is 6. The van der Waals surface area contributed by atoms with Gasteiger partial charge in [0.05, 0.1) is 23.0 Å². The number of anilines is 1. The van der Waals surface area contributed by atoms with E-state index in [4.69, 9.17) is 4.74 Å². The van der Waals surface area contributed by atoms with E-state index in [0.29, 0.717) is 43.0 Å². The Balaban J connectivity index is 1.71. The third kappa shape index (κ3) is 4.64. The Morgan fingerprint density at radius 1 is 1.15 bits per heavy atom. The fourth-order valence-corrected chi connectivity index (χ4v) is 4.47. The van der Waals surface area contributed by atoms with Gasteiger partial charge in [0.2, 0.25) is 10.0 Å². The normalized spacial score (nSPS) is 15.4. The molecule has 27 heavy (non-hydrogen) atoms. The van der Waals surface area contributed by atoms with Gasteiger partial charge in [-0.1, -0.05) is 28.1 Å². The highest BCUT2D eigenvalue weighted by atomic mass is 79.9. The number of benzene rings is 2. The Bertz CT molecular complexity index is 928. The molecule has 0 spiro atoms. The van der Waals surface area contributed by atoms with Crippen LogP contribution in [0.5, 0.6) is 0 Å². The van der Waals surface area contributed by atoms with Crippen LogP contribution in [-0.2, 0) is 21.3 Å². The van der Waals surface area contributed by atoms with Crippen molar-refractivity contribution in [2.75, 3.05) is 31.6 Å². The zero-order chi connectivity index (χ0) is 19.4. The van der Waals surface area contributed by atoms with Crippen molar-refractivity contribution in [1.29, 1.82) is 0 Å². The fraction of sp³-hybridized carbons (Fsp3) is 0.294. The number of hydrogen-bond donors (Lipinski definition) is 1. The zero-order valence-electron chi connectivity index (χ0n) is 14.3. The van der Waals surface area contributed by atoms with Gasteiger partial charge in [0.25, 0.3) is 5.69 Å². The van der Waals surface area contributed by atoms with Crippen LogP contribution in [0.25, 0.3) is 0 Å². The minimum atomic E-state index is -3.53. The SMILES string of the molecule is O=[N+]([O-])c1cc(Br)ccc1NCc1ccc(S(=O)(=O)N2CCOCC2)cc1. The molecule has 0 aromatic heterocycles. The molecule has 2 aromatic carbocycles. The van der Waals surface area contributed by atoms with Crippen LogP contribution in [0.3, 0.4) is 0 Å². The monoisotopic (exact) mass is 455 g/mol. The lowest BCUT2D eigenvalue weighted by molar-refractivity contribution is -0.384. The number of nitrogens with one attached hydrogen (secondary N) is 1. The lowest BCUT2D eigenvalue weighted by Crippen LogP contribution is -2.40. The highest BCUT2D eigenvalue weighted by molar-refractivity contribution is 9.10. The van der Waals surface area contributed by atoms with Gasteiger partial charge in [0.1, 0.15) is 5.69 Å². The van der Waals surface area contributed by atoms with Crippen molar-refractivity contribution in [2.24, 2.45) is 0 Å². The Kier molecular flexibility index (Phi) is 6.10. The number of sulfonamides is 1. The van der Waals surface area contributed by atoms with E-state index in [1.54, 1.807) is 36.4 Å². The maximum atomic E-state index is 12.6. The van der Waals surface area contributed by atoms with Gasteiger partial charge in [-0.25, -0.2) is 8.42 Å². The molecule has 144 valence electrons. The first-order valence-corrected chi connectivity index (χ1v) is 10.5. The summed E-state index contributed by atoms with van der Waals surface area (Å²) in [4.78, 5) is 10.9. The van der Waals surface area contributed by atoms with Crippen LogP contribution in [0.2, 0.25) is 0 Å². The van der Waals surface area contributed by atoms with Crippen LogP contribution < -0.4 is 5.32 Å². The quantitative estimate of drug-likeness (QED) is 0.530. The topological polar surface area (TPSA) is 102 Å². The molecule has 0 unspecified atom stereocenters. The summed E-state index contributed by atoms with van der Waals surface area (Å²) in [5, 5.41) is 14.2. The molecule has 1 fully saturated rings. The maximum absolute atomic E-state index is 12.6. The van der Waals surface area contributed by atoms with Gasteiger partial charge in [-0.05, 0) is 29.8 Å². The van der Waals surface area contributed by atoms with E-state index in [1.165, 1.54) is 10.4 Å². The average Bonchev–Trinajstić information content (AvgIpc) is 2.68. The van der Waals surface area contributed by atoms with Crippen LogP contribution in [-0.4, -0.2) is 43.9 Å². The number of morpholine rings is 1. The van der Waals surface area contributed by atoms with Gasteiger partial charge in [0, 0.05) is 30.2 Å². The smallest absolute Gasteiger partial charge is 0.293 e. The fourth-order valence-electron chi connectivity index (χ4n) is 2.72. The number of ether oxygens (including phenoxy) is 1. The van der Waals surface area contributed by atoms with E-state index in [-0.39, 0.29) is 10.6 Å². The summed E-state index contributed by atoms with van der Waals surface area (Å²) < 4.78 is 32.4. The largest absolute Gasteiger partial charge is 0.379 e. The predicted molar refractivity (Wildman–Crippen MR) is 104 cm³/mol. The van der Waals surface area contributed by atoms with Gasteiger partial charge in [-0.2, -0.15) is 4.31 Å². The van der Waals surface area contributed by atoms with E-state index < -0.39 is 14.9 Å². The Hall–Kier alpha value is -2.01. The summed E-state index contributed by atoms with van der Waals surface area (Å²) in [6.07, 6.45) is 0. The molecular weight excluding hydrogens is 438 g/mol. The molecule has 1 N–H and O–H groups in total. The van der Waals surface area contributed by atoms with Gasteiger partial charge in [-0.15, -0.1) is 0 Å². The first-order chi connectivity index (χ1) is 12.9. The van der Waals surface area contributed by atoms with Gasteiger partial charge >= 0.3 is 0 Å². The van der Waals surface area contributed by atoms with Gasteiger partial charge < -0.3 is 10.1 Å². The molecule has 0 radical (unpaired) electrons. The number of nitrogens with zero attached hydrogens (tertiary/aromatic N) is 2. The molecule has 3 rings (SSSR count). The molecule has 0 bridgehead atoms. The van der Waals surface area contributed by atoms with Crippen molar-refractivity contribution in [3.63, 3.8) is 0 Å². The van der Waals surface area contributed by atoms with E-state index in [1.807, 2.05) is 0 Å². The van der Waals surface area contributed by atoms with Crippen LogP contribution in [0.4, 0.5) is 11.4 Å². The molecule has 1 aliphatic heterocycles. The molecule has 0 atom stereocenters. The van der Waals surface area contributed by atoms with Crippen LogP contribution >= 0.6 is 15.9 Å². The minimum Gasteiger partial charge on any atom is -0.379 e. The lowest BCUT2D eigenvalue weighted by atomic mass is 10.2. The standard InChI is InChI=1S/C17H18BrN3O5S/c18-14-3-6-16(17(11-14)21(22)23)19-12-13-1-4-15(5-2-13)27(24,25)20-7-9-26-10-8-20/h1-6,11,19H,7-10,12H2. The Labute approximate surface area is 165 Å². The summed E-state index contributed by atoms with van der Waals surface area (Å²) in [7, 11) is -3.53. The number of hydrogen-bond acceptors (Lipinski definition) is 6. The van der Waals surface area contributed by atoms with Gasteiger partial charge in [-0.3, -0.25) is 10.1 Å². The number of nitro benzene ring substituents is 1. The third-order valence-corrected chi connectivity index (χ3v) is 6.58. The van der Waals surface area contributed by atoms with Crippen LogP contribution in [0, 0.1) is 10.1 Å². The second-order valence-corrected chi connectivity index (χ2v) is 8.79. The molecule has 10 heteroatoms. The minimum absolute atomic E-state index is 0.0316. The Morgan fingerprint density at radius 3 is 2.44 bits per heavy atom. The highest BCUT2D eigenvalue weighted by Crippen LogP contribution is 2.28. The summed E-state index contributed by atoms with van der Waals surface area (Å²) in [5.41, 5.74) is 1.18. The molecule has 0 saturated carbocycles. The maximum Gasteiger partial charge on any atom is 0.293 e. The summed E-state index contributed by atoms with van der Waals surface area (Å²) in [6.45, 7) is 1.82. The van der Waals surface area contributed by atoms with Gasteiger partial charge in [0.15, 0.2) is 0 Å². The molecular formula is C17H18BrN3O5S. The average molecular weight is 456 g/mol. The Morgan fingerprint density at radius 2 is 1.81 bits per heavy atom. The van der Waals surface area contributed by atoms with Crippen LogP contribution in [0.1, 0.15) is 5.56 Å². The summed E-state index contributed by atoms with van der Waals surface area (Å²) >= 11 is 3.22. The van der Waals surface area contributed by atoms with E-state index >= 15 is 0 Å². The summed E-state index contributed by atoms with van der Waals surface area (Å²) in [5.74, 6) is 0. The highest BCUT2D eigenvalue weighted by Gasteiger charge is 2.26. The zero-order valence-corrected chi connectivity index (χ0v) is 16.7. The number of nitro groups is 1. The van der Waals surface area contributed by atoms with Crippen LogP contribution in [0.15, 0.2) is 51.8 Å². The number of halogens is 1. The van der Waals surface area contributed by atoms with Crippen molar-refractivity contribution in [3.8, 4) is 0 Å². The summed E-state index contributed by atoms with van der Waals surface area (Å²) in [6, 6.07) is 11.3. The van der Waals surface area contributed by atoms with Crippen molar-refractivity contribution >= 4 is 37.3 Å². The molecule has 8 nitrogen and oxygen atoms in total. The molecule has 1 aliphatic rings. The molecule has 2 aromatic rings. The van der Waals surface area contributed by atoms with E-state index in [0.717, 1.165) is 5.56 Å². The van der Waals surface area contributed by atoms with Crippen molar-refractivity contribution in [1.82, 2.24) is 4.31 Å². The van der Waals surface area contributed by atoms with E-state index in [2.05, 4.69) is 21.2 Å². The molecule has 0 aliphatic carbocycles. The predicted octanol–water partition coefficient (Wildman–Crippen LogP) is 2.99. The second kappa shape index (κ2) is 8.34. The molecule has 1 saturated heterocycles. The molecule has 1 heterocycles. The first-order valence-electron chi connectivity index (χ1n) is 8.22. The van der Waals surface area contributed by atoms with Crippen molar-refractivity contribution in [3.05, 3.63) is 62.6 Å². The van der Waals surface area contributed by atoms with E-state index in [9.17, 15) is 18.5 Å². The first kappa shape index (κ1) is 19.7. The second-order valence-electron chi connectivity index (χ2n) is 5.93.